The average Bonchev–Trinajstić information content (AvgIpc) is 2.72. The summed E-state index contributed by atoms with van der Waals surface area (Å²) < 4.78 is 25.4. The number of rotatable bonds is 7. The first-order chi connectivity index (χ1) is 9.12. The van der Waals surface area contributed by atoms with Gasteiger partial charge in [-0.25, -0.2) is 8.42 Å². The molecule has 0 atom stereocenters. The van der Waals surface area contributed by atoms with E-state index in [1.807, 2.05) is 23.0 Å². The molecule has 1 aromatic heterocycles. The summed E-state index contributed by atoms with van der Waals surface area (Å²) in [4.78, 5) is 0. The third-order valence-corrected chi connectivity index (χ3v) is 5.83. The Morgan fingerprint density at radius 1 is 1.30 bits per heavy atom. The Labute approximate surface area is 123 Å². The molecule has 0 aliphatic carbocycles. The second-order valence-corrected chi connectivity index (χ2v) is 9.58. The SMILES string of the molecule is CC(C)CNCc1ccn(CCS(=O)(=O)C(C)(C)C)c1. The maximum atomic E-state index is 12.1. The van der Waals surface area contributed by atoms with Gasteiger partial charge in [0.25, 0.3) is 0 Å². The summed E-state index contributed by atoms with van der Waals surface area (Å²) in [6.07, 6.45) is 3.97. The Hall–Kier alpha value is -0.810. The number of aromatic nitrogens is 1. The zero-order valence-electron chi connectivity index (χ0n) is 13.3. The molecule has 1 rings (SSSR count). The van der Waals surface area contributed by atoms with Crippen LogP contribution in [0.4, 0.5) is 0 Å². The van der Waals surface area contributed by atoms with E-state index >= 15 is 0 Å². The molecule has 0 aromatic carbocycles. The van der Waals surface area contributed by atoms with E-state index in [0.29, 0.717) is 12.5 Å². The summed E-state index contributed by atoms with van der Waals surface area (Å²) in [5.74, 6) is 0.818. The number of nitrogens with one attached hydrogen (secondary N) is 1. The lowest BCUT2D eigenvalue weighted by Gasteiger charge is -2.19. The zero-order valence-corrected chi connectivity index (χ0v) is 14.1. The minimum atomic E-state index is -3.05. The third-order valence-electron chi connectivity index (χ3n) is 3.24. The van der Waals surface area contributed by atoms with Crippen molar-refractivity contribution < 1.29 is 8.42 Å². The summed E-state index contributed by atoms with van der Waals surface area (Å²) in [5, 5.41) is 3.38. The second-order valence-electron chi connectivity index (χ2n) is 6.71. The number of nitrogens with zero attached hydrogens (tertiary/aromatic N) is 1. The molecular formula is C15H28N2O2S. The van der Waals surface area contributed by atoms with E-state index in [-0.39, 0.29) is 5.75 Å². The molecule has 0 saturated carbocycles. The molecule has 5 heteroatoms. The number of hydrogen-bond donors (Lipinski definition) is 1. The van der Waals surface area contributed by atoms with Gasteiger partial charge in [-0.2, -0.15) is 0 Å². The Kier molecular flexibility index (Phi) is 5.83. The predicted molar refractivity (Wildman–Crippen MR) is 84.5 cm³/mol. The summed E-state index contributed by atoms with van der Waals surface area (Å²) in [7, 11) is -3.05. The zero-order chi connectivity index (χ0) is 15.4. The van der Waals surface area contributed by atoms with Crippen molar-refractivity contribution in [3.8, 4) is 0 Å². The van der Waals surface area contributed by atoms with Gasteiger partial charge in [-0.15, -0.1) is 0 Å². The number of hydrogen-bond acceptors (Lipinski definition) is 3. The fourth-order valence-corrected chi connectivity index (χ4v) is 2.83. The summed E-state index contributed by atoms with van der Waals surface area (Å²) >= 11 is 0. The standard InChI is InChI=1S/C15H28N2O2S/c1-13(2)10-16-11-14-6-7-17(12-14)8-9-20(18,19)15(3,4)5/h6-7,12-13,16H,8-11H2,1-5H3. The number of aryl methyl sites for hydroxylation is 1. The van der Waals surface area contributed by atoms with Gasteiger partial charge < -0.3 is 9.88 Å². The Balaban J connectivity index is 2.49. The number of sulfone groups is 1. The van der Waals surface area contributed by atoms with Crippen LogP contribution >= 0.6 is 0 Å². The van der Waals surface area contributed by atoms with Crippen LogP contribution in [0.25, 0.3) is 0 Å². The molecule has 0 bridgehead atoms. The first kappa shape index (κ1) is 17.2. The molecule has 0 amide bonds. The van der Waals surface area contributed by atoms with Crippen molar-refractivity contribution in [3.05, 3.63) is 24.0 Å². The Bertz CT molecular complexity index is 510. The van der Waals surface area contributed by atoms with E-state index in [0.717, 1.165) is 13.1 Å². The molecule has 0 fully saturated rings. The lowest BCUT2D eigenvalue weighted by molar-refractivity contribution is 0.550. The van der Waals surface area contributed by atoms with Crippen LogP contribution in [-0.4, -0.2) is 30.0 Å². The van der Waals surface area contributed by atoms with Crippen LogP contribution in [0.2, 0.25) is 0 Å². The van der Waals surface area contributed by atoms with Gasteiger partial charge in [0.2, 0.25) is 0 Å². The lowest BCUT2D eigenvalue weighted by atomic mass is 10.2. The summed E-state index contributed by atoms with van der Waals surface area (Å²) in [6.45, 7) is 11.9. The monoisotopic (exact) mass is 300 g/mol. The van der Waals surface area contributed by atoms with E-state index < -0.39 is 14.6 Å². The molecule has 0 saturated heterocycles. The minimum absolute atomic E-state index is 0.185. The highest BCUT2D eigenvalue weighted by atomic mass is 32.2. The van der Waals surface area contributed by atoms with E-state index in [2.05, 4.69) is 19.2 Å². The van der Waals surface area contributed by atoms with Crippen LogP contribution in [0, 0.1) is 5.92 Å². The van der Waals surface area contributed by atoms with Crippen LogP contribution in [0.1, 0.15) is 40.2 Å². The predicted octanol–water partition coefficient (Wildman–Crippen LogP) is 2.45. The van der Waals surface area contributed by atoms with E-state index in [1.54, 1.807) is 20.8 Å². The maximum Gasteiger partial charge on any atom is 0.156 e. The molecule has 20 heavy (non-hydrogen) atoms. The Morgan fingerprint density at radius 2 is 1.95 bits per heavy atom. The molecule has 116 valence electrons. The van der Waals surface area contributed by atoms with Gasteiger partial charge in [-0.1, -0.05) is 13.8 Å². The maximum absolute atomic E-state index is 12.1. The van der Waals surface area contributed by atoms with Gasteiger partial charge in [0, 0.05) is 25.5 Å². The van der Waals surface area contributed by atoms with Gasteiger partial charge in [0.05, 0.1) is 10.5 Å². The van der Waals surface area contributed by atoms with E-state index in [4.69, 9.17) is 0 Å². The smallest absolute Gasteiger partial charge is 0.156 e. The molecule has 4 nitrogen and oxygen atoms in total. The van der Waals surface area contributed by atoms with Crippen molar-refractivity contribution in [2.75, 3.05) is 12.3 Å². The molecule has 0 aliphatic heterocycles. The van der Waals surface area contributed by atoms with Crippen LogP contribution in [0.5, 0.6) is 0 Å². The van der Waals surface area contributed by atoms with Crippen LogP contribution in [0.3, 0.4) is 0 Å². The fourth-order valence-electron chi connectivity index (χ4n) is 1.77. The normalized spacial score (nSPS) is 13.1. The molecule has 0 aliphatic rings. The topological polar surface area (TPSA) is 51.1 Å². The van der Waals surface area contributed by atoms with E-state index in [9.17, 15) is 8.42 Å². The quantitative estimate of drug-likeness (QED) is 0.841. The molecule has 1 aromatic rings. The van der Waals surface area contributed by atoms with Crippen molar-refractivity contribution in [3.63, 3.8) is 0 Å². The lowest BCUT2D eigenvalue weighted by Crippen LogP contribution is -2.31. The largest absolute Gasteiger partial charge is 0.353 e. The highest BCUT2D eigenvalue weighted by molar-refractivity contribution is 7.92. The van der Waals surface area contributed by atoms with Gasteiger partial charge in [0.1, 0.15) is 0 Å². The van der Waals surface area contributed by atoms with Crippen molar-refractivity contribution in [1.82, 2.24) is 9.88 Å². The van der Waals surface area contributed by atoms with Gasteiger partial charge in [0.15, 0.2) is 9.84 Å². The molecule has 1 N–H and O–H groups in total. The van der Waals surface area contributed by atoms with E-state index in [1.165, 1.54) is 5.56 Å². The van der Waals surface area contributed by atoms with Crippen molar-refractivity contribution in [2.24, 2.45) is 5.92 Å². The highest BCUT2D eigenvalue weighted by Gasteiger charge is 2.28. The Morgan fingerprint density at radius 3 is 2.50 bits per heavy atom. The second kappa shape index (κ2) is 6.76. The van der Waals surface area contributed by atoms with Crippen LogP contribution in [0.15, 0.2) is 18.5 Å². The van der Waals surface area contributed by atoms with Crippen LogP contribution < -0.4 is 5.32 Å². The first-order valence-corrected chi connectivity index (χ1v) is 8.85. The molecule has 0 radical (unpaired) electrons. The molecular weight excluding hydrogens is 272 g/mol. The first-order valence-electron chi connectivity index (χ1n) is 7.19. The van der Waals surface area contributed by atoms with Crippen LogP contribution in [-0.2, 0) is 22.9 Å². The highest BCUT2D eigenvalue weighted by Crippen LogP contribution is 2.16. The summed E-state index contributed by atoms with van der Waals surface area (Å²) in [6, 6.07) is 2.04. The van der Waals surface area contributed by atoms with Gasteiger partial charge >= 0.3 is 0 Å². The van der Waals surface area contributed by atoms with Crippen molar-refractivity contribution >= 4 is 9.84 Å². The molecule has 0 spiro atoms. The minimum Gasteiger partial charge on any atom is -0.353 e. The average molecular weight is 300 g/mol. The third kappa shape index (κ3) is 5.29. The summed E-state index contributed by atoms with van der Waals surface area (Å²) in [5.41, 5.74) is 1.19. The van der Waals surface area contributed by atoms with Crippen molar-refractivity contribution in [1.29, 1.82) is 0 Å². The molecule has 1 heterocycles. The molecule has 0 unspecified atom stereocenters. The van der Waals surface area contributed by atoms with Crippen molar-refractivity contribution in [2.45, 2.75) is 52.5 Å². The van der Waals surface area contributed by atoms with Gasteiger partial charge in [-0.05, 0) is 44.9 Å². The van der Waals surface area contributed by atoms with Gasteiger partial charge in [-0.3, -0.25) is 0 Å². The fraction of sp³-hybridized carbons (Fsp3) is 0.733.